The number of nitrogens with zero attached hydrogens (tertiary/aromatic N) is 3. The van der Waals surface area contributed by atoms with Gasteiger partial charge in [0.25, 0.3) is 0 Å². The molecule has 0 spiro atoms. The number of para-hydroxylation sites is 1. The SMILES string of the molecule is COc1cccc(NC(=O)CSc2nnc(COc3ccccc3F)n2N)c1. The van der Waals surface area contributed by atoms with Crippen molar-refractivity contribution in [2.24, 2.45) is 0 Å². The van der Waals surface area contributed by atoms with Crippen LogP contribution in [0.1, 0.15) is 5.82 Å². The summed E-state index contributed by atoms with van der Waals surface area (Å²) in [7, 11) is 1.55. The van der Waals surface area contributed by atoms with Crippen LogP contribution in [0, 0.1) is 5.82 Å². The standard InChI is InChI=1S/C18H18FN5O3S/c1-26-13-6-4-5-12(9-13)21-17(25)11-28-18-23-22-16(24(18)20)10-27-15-8-3-2-7-14(15)19/h2-9H,10-11,20H2,1H3,(H,21,25). The number of halogens is 1. The van der Waals surface area contributed by atoms with Crippen molar-refractivity contribution < 1.29 is 18.7 Å². The number of ether oxygens (including phenoxy) is 2. The van der Waals surface area contributed by atoms with E-state index in [9.17, 15) is 9.18 Å². The maximum Gasteiger partial charge on any atom is 0.234 e. The summed E-state index contributed by atoms with van der Waals surface area (Å²) < 4.78 is 25.3. The van der Waals surface area contributed by atoms with E-state index in [1.807, 2.05) is 0 Å². The third-order valence-corrected chi connectivity index (χ3v) is 4.56. The molecule has 1 heterocycles. The Morgan fingerprint density at radius 2 is 2.07 bits per heavy atom. The highest BCUT2D eigenvalue weighted by Gasteiger charge is 2.14. The van der Waals surface area contributed by atoms with Gasteiger partial charge in [0, 0.05) is 11.8 Å². The van der Waals surface area contributed by atoms with Gasteiger partial charge in [0.05, 0.1) is 12.9 Å². The number of methoxy groups -OCH3 is 1. The second-order valence-corrected chi connectivity index (χ2v) is 6.50. The fourth-order valence-corrected chi connectivity index (χ4v) is 2.91. The van der Waals surface area contributed by atoms with E-state index < -0.39 is 5.82 Å². The first-order valence-electron chi connectivity index (χ1n) is 8.20. The average molecular weight is 403 g/mol. The van der Waals surface area contributed by atoms with Gasteiger partial charge in [0.2, 0.25) is 11.1 Å². The van der Waals surface area contributed by atoms with Crippen LogP contribution < -0.4 is 20.6 Å². The number of rotatable bonds is 8. The van der Waals surface area contributed by atoms with Crippen LogP contribution in [0.3, 0.4) is 0 Å². The number of benzene rings is 2. The predicted octanol–water partition coefficient (Wildman–Crippen LogP) is 2.45. The van der Waals surface area contributed by atoms with E-state index in [4.69, 9.17) is 15.3 Å². The van der Waals surface area contributed by atoms with Gasteiger partial charge in [0.1, 0.15) is 12.4 Å². The minimum Gasteiger partial charge on any atom is -0.497 e. The number of anilines is 1. The Kier molecular flexibility index (Phi) is 6.33. The molecule has 146 valence electrons. The van der Waals surface area contributed by atoms with Crippen LogP contribution in [-0.2, 0) is 11.4 Å². The number of carbonyl (C=O) groups is 1. The summed E-state index contributed by atoms with van der Waals surface area (Å²) in [6.45, 7) is -0.0546. The van der Waals surface area contributed by atoms with Crippen molar-refractivity contribution in [2.45, 2.75) is 11.8 Å². The molecule has 8 nitrogen and oxygen atoms in total. The van der Waals surface area contributed by atoms with Crippen LogP contribution in [0.15, 0.2) is 53.7 Å². The number of hydrogen-bond donors (Lipinski definition) is 2. The first kappa shape index (κ1) is 19.5. The summed E-state index contributed by atoms with van der Waals surface area (Å²) in [5, 5.41) is 11.0. The van der Waals surface area contributed by atoms with Crippen LogP contribution in [0.25, 0.3) is 0 Å². The van der Waals surface area contributed by atoms with Gasteiger partial charge >= 0.3 is 0 Å². The topological polar surface area (TPSA) is 104 Å². The van der Waals surface area contributed by atoms with E-state index in [-0.39, 0.29) is 24.0 Å². The summed E-state index contributed by atoms with van der Waals surface area (Å²) in [4.78, 5) is 12.1. The number of aromatic nitrogens is 3. The fraction of sp³-hybridized carbons (Fsp3) is 0.167. The van der Waals surface area contributed by atoms with E-state index in [1.54, 1.807) is 43.5 Å². The summed E-state index contributed by atoms with van der Waals surface area (Å²) in [6, 6.07) is 13.1. The maximum absolute atomic E-state index is 13.6. The second kappa shape index (κ2) is 9.09. The van der Waals surface area contributed by atoms with E-state index in [0.717, 1.165) is 11.8 Å². The number of carbonyl (C=O) groups excluding carboxylic acids is 1. The monoisotopic (exact) mass is 403 g/mol. The summed E-state index contributed by atoms with van der Waals surface area (Å²) in [6.07, 6.45) is 0. The Hall–Kier alpha value is -3.27. The molecule has 1 aromatic heterocycles. The lowest BCUT2D eigenvalue weighted by Crippen LogP contribution is -2.18. The van der Waals surface area contributed by atoms with E-state index in [2.05, 4.69) is 15.5 Å². The van der Waals surface area contributed by atoms with Gasteiger partial charge in [-0.15, -0.1) is 10.2 Å². The van der Waals surface area contributed by atoms with E-state index >= 15 is 0 Å². The molecule has 0 saturated heterocycles. The molecule has 3 rings (SSSR count). The predicted molar refractivity (Wildman–Crippen MR) is 103 cm³/mol. The maximum atomic E-state index is 13.6. The minimum atomic E-state index is -0.477. The zero-order valence-electron chi connectivity index (χ0n) is 15.0. The average Bonchev–Trinajstić information content (AvgIpc) is 3.05. The highest BCUT2D eigenvalue weighted by molar-refractivity contribution is 7.99. The Labute approximate surface area is 164 Å². The molecular weight excluding hydrogens is 385 g/mol. The third kappa shape index (κ3) is 4.92. The Bertz CT molecular complexity index is 966. The number of nitrogens with one attached hydrogen (secondary N) is 1. The Balaban J connectivity index is 1.53. The third-order valence-electron chi connectivity index (χ3n) is 3.61. The van der Waals surface area contributed by atoms with Gasteiger partial charge in [-0.05, 0) is 24.3 Å². The van der Waals surface area contributed by atoms with Gasteiger partial charge in [-0.25, -0.2) is 9.07 Å². The number of nitrogens with two attached hydrogens (primary N) is 1. The molecule has 0 saturated carbocycles. The van der Waals surface area contributed by atoms with Crippen LogP contribution >= 0.6 is 11.8 Å². The molecule has 3 N–H and O–H groups in total. The Morgan fingerprint density at radius 1 is 1.25 bits per heavy atom. The van der Waals surface area contributed by atoms with Gasteiger partial charge in [-0.3, -0.25) is 4.79 Å². The molecule has 0 aliphatic rings. The van der Waals surface area contributed by atoms with Crippen molar-refractivity contribution in [3.63, 3.8) is 0 Å². The van der Waals surface area contributed by atoms with E-state index in [0.29, 0.717) is 22.4 Å². The molecule has 28 heavy (non-hydrogen) atoms. The van der Waals surface area contributed by atoms with Crippen molar-refractivity contribution in [3.05, 3.63) is 60.2 Å². The number of hydrogen-bond acceptors (Lipinski definition) is 7. The molecule has 3 aromatic rings. The molecule has 0 atom stereocenters. The van der Waals surface area contributed by atoms with Crippen molar-refractivity contribution in [3.8, 4) is 11.5 Å². The molecule has 0 radical (unpaired) electrons. The normalized spacial score (nSPS) is 10.5. The second-order valence-electron chi connectivity index (χ2n) is 5.56. The molecule has 0 aliphatic carbocycles. The quantitative estimate of drug-likeness (QED) is 0.440. The number of thioether (sulfide) groups is 1. The first-order chi connectivity index (χ1) is 13.6. The molecule has 0 fully saturated rings. The number of amides is 1. The van der Waals surface area contributed by atoms with Crippen LogP contribution in [0.5, 0.6) is 11.5 Å². The van der Waals surface area contributed by atoms with Gasteiger partial charge < -0.3 is 20.6 Å². The molecule has 0 unspecified atom stereocenters. The Morgan fingerprint density at radius 3 is 2.86 bits per heavy atom. The van der Waals surface area contributed by atoms with Crippen molar-refractivity contribution in [1.29, 1.82) is 0 Å². The molecular formula is C18H18FN5O3S. The highest BCUT2D eigenvalue weighted by atomic mass is 32.2. The van der Waals surface area contributed by atoms with Crippen molar-refractivity contribution in [1.82, 2.24) is 14.9 Å². The highest BCUT2D eigenvalue weighted by Crippen LogP contribution is 2.20. The lowest BCUT2D eigenvalue weighted by Gasteiger charge is -2.08. The van der Waals surface area contributed by atoms with Gasteiger partial charge in [0.15, 0.2) is 17.4 Å². The van der Waals surface area contributed by atoms with Gasteiger partial charge in [-0.1, -0.05) is 30.0 Å². The molecule has 0 aliphatic heterocycles. The lowest BCUT2D eigenvalue weighted by molar-refractivity contribution is -0.113. The van der Waals surface area contributed by atoms with Crippen molar-refractivity contribution in [2.75, 3.05) is 24.0 Å². The summed E-state index contributed by atoms with van der Waals surface area (Å²) >= 11 is 1.12. The zero-order chi connectivity index (χ0) is 19.9. The fourth-order valence-electron chi connectivity index (χ4n) is 2.24. The molecule has 10 heteroatoms. The van der Waals surface area contributed by atoms with Crippen LogP contribution in [0.4, 0.5) is 10.1 Å². The smallest absolute Gasteiger partial charge is 0.234 e. The van der Waals surface area contributed by atoms with E-state index in [1.165, 1.54) is 16.8 Å². The first-order valence-corrected chi connectivity index (χ1v) is 9.19. The van der Waals surface area contributed by atoms with Crippen molar-refractivity contribution >= 4 is 23.4 Å². The van der Waals surface area contributed by atoms with Crippen LogP contribution in [-0.4, -0.2) is 33.6 Å². The zero-order valence-corrected chi connectivity index (χ0v) is 15.8. The minimum absolute atomic E-state index is 0.0546. The van der Waals surface area contributed by atoms with Crippen LogP contribution in [0.2, 0.25) is 0 Å². The lowest BCUT2D eigenvalue weighted by atomic mass is 10.3. The molecule has 2 aromatic carbocycles. The molecule has 1 amide bonds. The summed E-state index contributed by atoms with van der Waals surface area (Å²) in [5.41, 5.74) is 0.623. The largest absolute Gasteiger partial charge is 0.497 e. The summed E-state index contributed by atoms with van der Waals surface area (Å²) in [5.74, 6) is 6.35. The molecule has 0 bridgehead atoms. The number of nitrogen functional groups attached to an aromatic ring is 1. The van der Waals surface area contributed by atoms with Gasteiger partial charge in [-0.2, -0.15) is 0 Å².